The smallest absolute Gasteiger partial charge is 0.170 e. The van der Waals surface area contributed by atoms with Gasteiger partial charge in [0.05, 0.1) is 0 Å². The molecule has 1 aromatic carbocycles. The van der Waals surface area contributed by atoms with E-state index in [1.165, 1.54) is 19.3 Å². The molecule has 1 fully saturated rings. The number of ether oxygens (including phenoxy) is 1. The van der Waals surface area contributed by atoms with E-state index in [9.17, 15) is 0 Å². The van der Waals surface area contributed by atoms with Crippen molar-refractivity contribution in [3.05, 3.63) is 30.3 Å². The van der Waals surface area contributed by atoms with Gasteiger partial charge in [0, 0.05) is 25.4 Å². The van der Waals surface area contributed by atoms with Crippen LogP contribution in [0.3, 0.4) is 0 Å². The number of rotatable bonds is 4. The van der Waals surface area contributed by atoms with Crippen molar-refractivity contribution < 1.29 is 4.74 Å². The summed E-state index contributed by atoms with van der Waals surface area (Å²) >= 11 is 5.26. The third-order valence-corrected chi connectivity index (χ3v) is 3.46. The summed E-state index contributed by atoms with van der Waals surface area (Å²) in [5, 5.41) is 7.14. The summed E-state index contributed by atoms with van der Waals surface area (Å²) in [5.41, 5.74) is 1.03. The summed E-state index contributed by atoms with van der Waals surface area (Å²) < 4.78 is 5.35. The lowest BCUT2D eigenvalue weighted by Gasteiger charge is -2.22. The van der Waals surface area contributed by atoms with Crippen LogP contribution in [0, 0.1) is 5.92 Å². The van der Waals surface area contributed by atoms with Gasteiger partial charge in [-0.1, -0.05) is 18.2 Å². The van der Waals surface area contributed by atoms with Crippen LogP contribution in [0.15, 0.2) is 30.3 Å². The van der Waals surface area contributed by atoms with Crippen molar-refractivity contribution in [3.8, 4) is 0 Å². The van der Waals surface area contributed by atoms with Crippen molar-refractivity contribution in [2.45, 2.75) is 19.3 Å². The summed E-state index contributed by atoms with van der Waals surface area (Å²) in [7, 11) is 0. The van der Waals surface area contributed by atoms with Gasteiger partial charge in [0.25, 0.3) is 0 Å². The Labute approximate surface area is 114 Å². The summed E-state index contributed by atoms with van der Waals surface area (Å²) in [5.74, 6) is 0.783. The maximum Gasteiger partial charge on any atom is 0.170 e. The fourth-order valence-corrected chi connectivity index (χ4v) is 2.34. The number of anilines is 1. The molecule has 0 amide bonds. The molecule has 0 aromatic heterocycles. The lowest BCUT2D eigenvalue weighted by atomic mass is 9.97. The van der Waals surface area contributed by atoms with Crippen LogP contribution < -0.4 is 10.6 Å². The van der Waals surface area contributed by atoms with Gasteiger partial charge in [0.15, 0.2) is 5.11 Å². The summed E-state index contributed by atoms with van der Waals surface area (Å²) in [4.78, 5) is 0. The van der Waals surface area contributed by atoms with E-state index in [-0.39, 0.29) is 0 Å². The van der Waals surface area contributed by atoms with E-state index in [0.29, 0.717) is 5.11 Å². The fourth-order valence-electron chi connectivity index (χ4n) is 2.12. The second-order valence-electron chi connectivity index (χ2n) is 4.59. The predicted molar refractivity (Wildman–Crippen MR) is 78.8 cm³/mol. The molecule has 1 heterocycles. The van der Waals surface area contributed by atoms with Crippen LogP contribution in [0.1, 0.15) is 19.3 Å². The Kier molecular flexibility index (Phi) is 5.42. The van der Waals surface area contributed by atoms with Crippen molar-refractivity contribution in [2.75, 3.05) is 25.1 Å². The quantitative estimate of drug-likeness (QED) is 0.819. The largest absolute Gasteiger partial charge is 0.381 e. The zero-order valence-electron chi connectivity index (χ0n) is 10.5. The second kappa shape index (κ2) is 7.34. The van der Waals surface area contributed by atoms with E-state index in [2.05, 4.69) is 10.6 Å². The first-order valence-corrected chi connectivity index (χ1v) is 6.93. The Morgan fingerprint density at radius 3 is 2.67 bits per heavy atom. The lowest BCUT2D eigenvalue weighted by Crippen LogP contribution is -2.31. The fraction of sp³-hybridized carbons (Fsp3) is 0.500. The molecule has 2 N–H and O–H groups in total. The lowest BCUT2D eigenvalue weighted by molar-refractivity contribution is 0.0643. The molecule has 0 aliphatic carbocycles. The molecule has 3 nitrogen and oxygen atoms in total. The maximum absolute atomic E-state index is 5.35. The topological polar surface area (TPSA) is 33.3 Å². The number of benzene rings is 1. The van der Waals surface area contributed by atoms with E-state index >= 15 is 0 Å². The Bertz CT molecular complexity index is 363. The molecule has 18 heavy (non-hydrogen) atoms. The van der Waals surface area contributed by atoms with Crippen molar-refractivity contribution >= 4 is 23.0 Å². The van der Waals surface area contributed by atoms with Crippen LogP contribution >= 0.6 is 12.2 Å². The minimum Gasteiger partial charge on any atom is -0.381 e. The zero-order valence-corrected chi connectivity index (χ0v) is 11.3. The molecule has 1 aliphatic rings. The Balaban J connectivity index is 1.62. The van der Waals surface area contributed by atoms with Gasteiger partial charge in [-0.2, -0.15) is 0 Å². The van der Waals surface area contributed by atoms with E-state index in [1.807, 2.05) is 30.3 Å². The van der Waals surface area contributed by atoms with Gasteiger partial charge in [-0.15, -0.1) is 0 Å². The third kappa shape index (κ3) is 4.63. The van der Waals surface area contributed by atoms with Gasteiger partial charge >= 0.3 is 0 Å². The standard InChI is InChI=1S/C14H20N2OS/c18-14(16-13-4-2-1-3-5-13)15-9-6-12-7-10-17-11-8-12/h1-5,12H,6-11H2,(H2,15,16,18). The molecule has 0 bridgehead atoms. The van der Waals surface area contributed by atoms with E-state index in [1.54, 1.807) is 0 Å². The zero-order chi connectivity index (χ0) is 12.6. The first-order chi connectivity index (χ1) is 8.84. The molecule has 1 aromatic rings. The van der Waals surface area contributed by atoms with Crippen molar-refractivity contribution in [1.29, 1.82) is 0 Å². The van der Waals surface area contributed by atoms with Gasteiger partial charge < -0.3 is 15.4 Å². The van der Waals surface area contributed by atoms with Gasteiger partial charge in [-0.05, 0) is 49.5 Å². The third-order valence-electron chi connectivity index (χ3n) is 3.21. The average Bonchev–Trinajstić information content (AvgIpc) is 2.41. The highest BCUT2D eigenvalue weighted by Gasteiger charge is 2.13. The van der Waals surface area contributed by atoms with Gasteiger partial charge in [-0.3, -0.25) is 0 Å². The van der Waals surface area contributed by atoms with Crippen LogP contribution in [0.2, 0.25) is 0 Å². The van der Waals surface area contributed by atoms with Crippen LogP contribution in [0.25, 0.3) is 0 Å². The molecular weight excluding hydrogens is 244 g/mol. The van der Waals surface area contributed by atoms with Crippen LogP contribution in [-0.4, -0.2) is 24.9 Å². The minimum absolute atomic E-state index is 0.702. The number of nitrogens with one attached hydrogen (secondary N) is 2. The Hall–Kier alpha value is -1.13. The highest BCUT2D eigenvalue weighted by Crippen LogP contribution is 2.17. The molecule has 0 spiro atoms. The van der Waals surface area contributed by atoms with Crippen molar-refractivity contribution in [1.82, 2.24) is 5.32 Å². The van der Waals surface area contributed by atoms with E-state index in [4.69, 9.17) is 17.0 Å². The molecule has 1 saturated heterocycles. The molecule has 0 radical (unpaired) electrons. The highest BCUT2D eigenvalue weighted by atomic mass is 32.1. The summed E-state index contributed by atoms with van der Waals surface area (Å²) in [6.07, 6.45) is 3.53. The number of hydrogen-bond acceptors (Lipinski definition) is 2. The van der Waals surface area contributed by atoms with Gasteiger partial charge in [-0.25, -0.2) is 0 Å². The average molecular weight is 264 g/mol. The monoisotopic (exact) mass is 264 g/mol. The second-order valence-corrected chi connectivity index (χ2v) is 5.00. The highest BCUT2D eigenvalue weighted by molar-refractivity contribution is 7.80. The van der Waals surface area contributed by atoms with Crippen LogP contribution in [0.5, 0.6) is 0 Å². The molecular formula is C14H20N2OS. The predicted octanol–water partition coefficient (Wildman–Crippen LogP) is 2.79. The first-order valence-electron chi connectivity index (χ1n) is 6.52. The number of thiocarbonyl (C=S) groups is 1. The molecule has 0 atom stereocenters. The Morgan fingerprint density at radius 1 is 1.22 bits per heavy atom. The molecule has 2 rings (SSSR count). The maximum atomic E-state index is 5.35. The summed E-state index contributed by atoms with van der Waals surface area (Å²) in [6, 6.07) is 9.99. The molecule has 0 saturated carbocycles. The normalized spacial score (nSPS) is 16.2. The molecule has 1 aliphatic heterocycles. The van der Waals surface area contributed by atoms with E-state index < -0.39 is 0 Å². The first kappa shape index (κ1) is 13.3. The van der Waals surface area contributed by atoms with E-state index in [0.717, 1.165) is 31.4 Å². The van der Waals surface area contributed by atoms with Crippen LogP contribution in [0.4, 0.5) is 5.69 Å². The Morgan fingerprint density at radius 2 is 1.94 bits per heavy atom. The van der Waals surface area contributed by atoms with Crippen LogP contribution in [-0.2, 0) is 4.74 Å². The minimum atomic E-state index is 0.702. The summed E-state index contributed by atoms with van der Waals surface area (Å²) in [6.45, 7) is 2.76. The SMILES string of the molecule is S=C(NCCC1CCOCC1)Nc1ccccc1. The number of hydrogen-bond donors (Lipinski definition) is 2. The van der Waals surface area contributed by atoms with Crippen molar-refractivity contribution in [3.63, 3.8) is 0 Å². The number of para-hydroxylation sites is 1. The van der Waals surface area contributed by atoms with Gasteiger partial charge in [0.1, 0.15) is 0 Å². The van der Waals surface area contributed by atoms with Crippen molar-refractivity contribution in [2.24, 2.45) is 5.92 Å². The van der Waals surface area contributed by atoms with Gasteiger partial charge in [0.2, 0.25) is 0 Å². The molecule has 98 valence electrons. The molecule has 0 unspecified atom stereocenters. The molecule has 4 heteroatoms.